The van der Waals surface area contributed by atoms with Gasteiger partial charge < -0.3 is 0 Å². The molecule has 0 saturated heterocycles. The molecule has 0 amide bonds. The first-order valence-corrected chi connectivity index (χ1v) is 24.1. The molecule has 39 heteroatoms. The minimum atomic E-state index is -3.40. The number of rotatable bonds is 9. The molecule has 96 heavy (non-hydrogen) atoms. The molecule has 1 heterocycles. The highest BCUT2D eigenvalue weighted by Gasteiger charge is 2.41. The second-order valence-corrected chi connectivity index (χ2v) is 18.9. The van der Waals surface area contributed by atoms with Crippen molar-refractivity contribution in [2.45, 2.75) is 0 Å². The van der Waals surface area contributed by atoms with Gasteiger partial charge in [-0.2, -0.15) is 0 Å². The van der Waals surface area contributed by atoms with Crippen LogP contribution < -0.4 is 0 Å². The standard InChI is InChI=1S/C57H3F36N3/c58-19-4(10-25(64)37(76)49(88)38(77)26(10)65)1-5(11-27(66)39(78)50(89)40(79)28(11)67)20(59)16(19)55-94-56(17-21(60)6(12-29(68)41(80)51(90)42(81)30(12)69)2-7(22(17)61)13-31(70)43(82)52(91)44(83)32(13)71)96-57(95-55)18-23(62)8(14-33(72)45(84)53(92)46(85)34(14)73)3-9(24(18)63)15-35(74)47(86)54(93)48(87)36(15)75/h1-3H. The summed E-state index contributed by atoms with van der Waals surface area (Å²) in [6, 6.07) is -2.87. The summed E-state index contributed by atoms with van der Waals surface area (Å²) in [5, 5.41) is 0. The molecular formula is C57H3F36N3. The van der Waals surface area contributed by atoms with Gasteiger partial charge in [-0.1, -0.05) is 0 Å². The fraction of sp³-hybridized carbons (Fsp3) is 0. The van der Waals surface area contributed by atoms with Gasteiger partial charge in [-0.15, -0.1) is 0 Å². The number of hydrogen-bond acceptors (Lipinski definition) is 3. The van der Waals surface area contributed by atoms with E-state index >= 15 is 79.0 Å². The van der Waals surface area contributed by atoms with E-state index in [1.807, 2.05) is 0 Å². The molecule has 0 radical (unpaired) electrons. The third-order valence-corrected chi connectivity index (χ3v) is 13.8. The van der Waals surface area contributed by atoms with Crippen molar-refractivity contribution in [1.29, 1.82) is 0 Å². The van der Waals surface area contributed by atoms with Gasteiger partial charge in [0.2, 0.25) is 34.9 Å². The molecular weight excluding hydrogens is 1410 g/mol. The normalized spacial score (nSPS) is 11.8. The van der Waals surface area contributed by atoms with Gasteiger partial charge in [-0.05, 0) is 18.2 Å². The Morgan fingerprint density at radius 3 is 0.312 bits per heavy atom. The summed E-state index contributed by atoms with van der Waals surface area (Å²) in [5.74, 6) is -129. The predicted molar refractivity (Wildman–Crippen MR) is 247 cm³/mol. The van der Waals surface area contributed by atoms with E-state index in [0.717, 1.165) is 0 Å². The summed E-state index contributed by atoms with van der Waals surface area (Å²) in [4.78, 5) is 8.61. The summed E-state index contributed by atoms with van der Waals surface area (Å²) in [5.41, 5.74) is -43.9. The lowest BCUT2D eigenvalue weighted by Gasteiger charge is -2.20. The molecule has 0 atom stereocenters. The van der Waals surface area contributed by atoms with E-state index in [-0.39, 0.29) is 0 Å². The van der Waals surface area contributed by atoms with Crippen LogP contribution in [0.2, 0.25) is 0 Å². The highest BCUT2D eigenvalue weighted by atomic mass is 19.2. The third-order valence-electron chi connectivity index (χ3n) is 13.8. The Morgan fingerprint density at radius 2 is 0.208 bits per heavy atom. The summed E-state index contributed by atoms with van der Waals surface area (Å²) in [6.45, 7) is 0. The molecule has 1 aromatic heterocycles. The quantitative estimate of drug-likeness (QED) is 0.0821. The van der Waals surface area contributed by atoms with Crippen molar-refractivity contribution >= 4 is 0 Å². The SMILES string of the molecule is Fc1c(F)c(F)c(-c2cc(-c3c(F)c(F)c(F)c(F)c3F)c(F)c(-c3nc(-c4c(F)c(-c5c(F)c(F)c(F)c(F)c5F)cc(-c5c(F)c(F)c(F)c(F)c5F)c4F)nc(-c4c(F)c(-c5c(F)c(F)c(F)c(F)c5F)cc(-c5c(F)c(F)c(F)c(F)c5F)c4F)n3)c2F)c(F)c1F. The Bertz CT molecular complexity index is 4230. The lowest BCUT2D eigenvalue weighted by atomic mass is 9.91. The largest absolute Gasteiger partial charge is 0.208 e. The van der Waals surface area contributed by atoms with E-state index in [1.54, 1.807) is 0 Å². The summed E-state index contributed by atoms with van der Waals surface area (Å²) in [6.07, 6.45) is 0. The van der Waals surface area contributed by atoms with E-state index in [9.17, 15) is 79.0 Å². The Hall–Kier alpha value is -10.5. The van der Waals surface area contributed by atoms with Crippen LogP contribution in [0.15, 0.2) is 18.2 Å². The van der Waals surface area contributed by atoms with E-state index in [2.05, 4.69) is 15.0 Å². The monoisotopic (exact) mass is 1410 g/mol. The minimum Gasteiger partial charge on any atom is -0.208 e. The molecule has 0 N–H and O–H groups in total. The molecule has 0 saturated carbocycles. The molecule has 0 aliphatic heterocycles. The lowest BCUT2D eigenvalue weighted by molar-refractivity contribution is 0.380. The molecule has 498 valence electrons. The van der Waals surface area contributed by atoms with Crippen LogP contribution in [0.3, 0.4) is 0 Å². The highest BCUT2D eigenvalue weighted by molar-refractivity contribution is 5.88. The fourth-order valence-corrected chi connectivity index (χ4v) is 9.35. The summed E-state index contributed by atoms with van der Waals surface area (Å²) in [7, 11) is 0. The lowest BCUT2D eigenvalue weighted by Crippen LogP contribution is -2.13. The summed E-state index contributed by atoms with van der Waals surface area (Å²) >= 11 is 0. The molecule has 0 bridgehead atoms. The highest BCUT2D eigenvalue weighted by Crippen LogP contribution is 2.50. The Morgan fingerprint density at radius 1 is 0.115 bits per heavy atom. The van der Waals surface area contributed by atoms with E-state index in [4.69, 9.17) is 0 Å². The molecule has 0 fully saturated rings. The number of aromatic nitrogens is 3. The second kappa shape index (κ2) is 23.7. The molecule has 9 aromatic carbocycles. The fourth-order valence-electron chi connectivity index (χ4n) is 9.35. The molecule has 10 rings (SSSR count). The number of halogens is 36. The average molecular weight is 1410 g/mol. The molecule has 0 aliphatic rings. The van der Waals surface area contributed by atoms with Gasteiger partial charge in [0.25, 0.3) is 0 Å². The molecule has 0 unspecified atom stereocenters. The molecule has 0 aliphatic carbocycles. The van der Waals surface area contributed by atoms with Gasteiger partial charge in [0.05, 0.1) is 50.1 Å². The smallest absolute Gasteiger partial charge is 0.200 e. The van der Waals surface area contributed by atoms with Crippen molar-refractivity contribution in [3.63, 3.8) is 0 Å². The maximum absolute atomic E-state index is 17.6. The van der Waals surface area contributed by atoms with Crippen LogP contribution in [-0.4, -0.2) is 15.0 Å². The minimum absolute atomic E-state index is 0.958. The van der Waals surface area contributed by atoms with Crippen molar-refractivity contribution < 1.29 is 158 Å². The van der Waals surface area contributed by atoms with Crippen molar-refractivity contribution in [1.82, 2.24) is 15.0 Å². The predicted octanol–water partition coefficient (Wildman–Crippen LogP) is 19.9. The zero-order valence-corrected chi connectivity index (χ0v) is 43.7. The zero-order valence-electron chi connectivity index (χ0n) is 43.7. The van der Waals surface area contributed by atoms with Crippen molar-refractivity contribution in [3.05, 3.63) is 228 Å². The first-order chi connectivity index (χ1) is 44.7. The molecule has 0 spiro atoms. The van der Waals surface area contributed by atoms with Gasteiger partial charge >= 0.3 is 0 Å². The first kappa shape index (κ1) is 68.3. The van der Waals surface area contributed by atoms with Crippen LogP contribution in [0, 0.1) is 209 Å². The van der Waals surface area contributed by atoms with Crippen LogP contribution in [-0.2, 0) is 0 Å². The number of hydrogen-bond donors (Lipinski definition) is 0. The van der Waals surface area contributed by atoms with E-state index in [0.29, 0.717) is 0 Å². The maximum atomic E-state index is 17.6. The molecule has 10 aromatic rings. The van der Waals surface area contributed by atoms with Crippen LogP contribution in [0.25, 0.3) is 101 Å². The van der Waals surface area contributed by atoms with E-state index in [1.165, 1.54) is 0 Å². The van der Waals surface area contributed by atoms with Gasteiger partial charge in [-0.3, -0.25) is 0 Å². The third kappa shape index (κ3) is 9.74. The summed E-state index contributed by atoms with van der Waals surface area (Å²) < 4.78 is 561. The first-order valence-electron chi connectivity index (χ1n) is 24.1. The average Bonchev–Trinajstić information content (AvgIpc) is 0.731. The van der Waals surface area contributed by atoms with Gasteiger partial charge in [0.1, 0.15) is 34.9 Å². The van der Waals surface area contributed by atoms with Crippen molar-refractivity contribution in [2.75, 3.05) is 0 Å². The Kier molecular flexibility index (Phi) is 16.9. The number of benzene rings is 9. The zero-order chi connectivity index (χ0) is 71.4. The molecule has 3 nitrogen and oxygen atoms in total. The van der Waals surface area contributed by atoms with Crippen molar-refractivity contribution in [3.8, 4) is 101 Å². The number of nitrogens with zero attached hydrogens (tertiary/aromatic N) is 3. The van der Waals surface area contributed by atoms with Gasteiger partial charge in [-0.25, -0.2) is 173 Å². The topological polar surface area (TPSA) is 38.7 Å². The van der Waals surface area contributed by atoms with Crippen LogP contribution in [0.4, 0.5) is 158 Å². The van der Waals surface area contributed by atoms with Crippen LogP contribution >= 0.6 is 0 Å². The van der Waals surface area contributed by atoms with Crippen LogP contribution in [0.1, 0.15) is 0 Å². The van der Waals surface area contributed by atoms with E-state index < -0.39 is 329 Å². The van der Waals surface area contributed by atoms with Gasteiger partial charge in [0, 0.05) is 33.4 Å². The maximum Gasteiger partial charge on any atom is 0.200 e. The van der Waals surface area contributed by atoms with Crippen molar-refractivity contribution in [2.24, 2.45) is 0 Å². The van der Waals surface area contributed by atoms with Gasteiger partial charge in [0.15, 0.2) is 157 Å². The Labute approximate surface area is 501 Å². The Balaban J connectivity index is 1.52. The van der Waals surface area contributed by atoms with Crippen LogP contribution in [0.5, 0.6) is 0 Å². The second-order valence-electron chi connectivity index (χ2n) is 18.9.